The number of hydrogen-bond acceptors (Lipinski definition) is 2. The molecular weight excluding hydrogens is 190 g/mol. The van der Waals surface area contributed by atoms with Crippen LogP contribution in [0.2, 0.25) is 0 Å². The normalized spacial score (nSPS) is 35.9. The first kappa shape index (κ1) is 10.7. The van der Waals surface area contributed by atoms with Crippen LogP contribution in [0.15, 0.2) is 0 Å². The summed E-state index contributed by atoms with van der Waals surface area (Å²) in [6, 6.07) is 0. The Morgan fingerprint density at radius 3 is 2.53 bits per heavy atom. The summed E-state index contributed by atoms with van der Waals surface area (Å²) >= 11 is 0. The van der Waals surface area contributed by atoms with Crippen molar-refractivity contribution in [2.24, 2.45) is 17.8 Å². The number of carbonyl (C=O) groups excluding carboxylic acids is 2. The van der Waals surface area contributed by atoms with E-state index in [9.17, 15) is 9.59 Å². The van der Waals surface area contributed by atoms with Crippen molar-refractivity contribution in [3.05, 3.63) is 0 Å². The molecule has 3 heteroatoms. The molecule has 3 atom stereocenters. The fraction of sp³-hybridized carbons (Fsp3) is 0.833. The van der Waals surface area contributed by atoms with Gasteiger partial charge in [0.25, 0.3) is 0 Å². The van der Waals surface area contributed by atoms with Crippen molar-refractivity contribution < 1.29 is 9.59 Å². The molecule has 1 heterocycles. The first-order valence-electron chi connectivity index (χ1n) is 6.00. The van der Waals surface area contributed by atoms with Gasteiger partial charge in [-0.15, -0.1) is 0 Å². The lowest BCUT2D eigenvalue weighted by atomic mass is 9.76. The number of carbonyl (C=O) groups is 2. The molecule has 0 N–H and O–H groups in total. The second-order valence-electron chi connectivity index (χ2n) is 4.96. The highest BCUT2D eigenvalue weighted by Gasteiger charge is 2.48. The Hall–Kier alpha value is -0.860. The van der Waals surface area contributed by atoms with Crippen LogP contribution < -0.4 is 0 Å². The maximum absolute atomic E-state index is 12.0. The van der Waals surface area contributed by atoms with E-state index in [1.165, 1.54) is 4.90 Å². The maximum Gasteiger partial charge on any atom is 0.233 e. The van der Waals surface area contributed by atoms with Gasteiger partial charge in [0, 0.05) is 6.54 Å². The molecule has 3 unspecified atom stereocenters. The molecule has 2 rings (SSSR count). The third-order valence-corrected chi connectivity index (χ3v) is 3.73. The van der Waals surface area contributed by atoms with E-state index in [4.69, 9.17) is 0 Å². The Balaban J connectivity index is 2.15. The number of rotatable bonds is 2. The van der Waals surface area contributed by atoms with E-state index in [0.717, 1.165) is 25.7 Å². The number of imide groups is 1. The van der Waals surface area contributed by atoms with Crippen LogP contribution in [0.4, 0.5) is 0 Å². The van der Waals surface area contributed by atoms with E-state index in [0.29, 0.717) is 12.5 Å². The molecule has 0 radical (unpaired) electrons. The molecule has 1 saturated heterocycles. The van der Waals surface area contributed by atoms with E-state index < -0.39 is 0 Å². The van der Waals surface area contributed by atoms with Gasteiger partial charge in [0.15, 0.2) is 0 Å². The van der Waals surface area contributed by atoms with E-state index in [-0.39, 0.29) is 23.7 Å². The summed E-state index contributed by atoms with van der Waals surface area (Å²) in [5, 5.41) is 0. The second kappa shape index (κ2) is 3.95. The fourth-order valence-corrected chi connectivity index (χ4v) is 2.90. The summed E-state index contributed by atoms with van der Waals surface area (Å²) in [5.41, 5.74) is 0. The lowest BCUT2D eigenvalue weighted by Gasteiger charge is -2.25. The van der Waals surface area contributed by atoms with Gasteiger partial charge in [-0.3, -0.25) is 14.5 Å². The lowest BCUT2D eigenvalue weighted by Crippen LogP contribution is -2.31. The number of fused-ring (bicyclic) bond motifs is 1. The second-order valence-corrected chi connectivity index (χ2v) is 4.96. The zero-order chi connectivity index (χ0) is 11.0. The molecule has 15 heavy (non-hydrogen) atoms. The van der Waals surface area contributed by atoms with Crippen molar-refractivity contribution in [3.8, 4) is 0 Å². The van der Waals surface area contributed by atoms with Crippen LogP contribution in [0.25, 0.3) is 0 Å². The highest BCUT2D eigenvalue weighted by molar-refractivity contribution is 6.05. The zero-order valence-electron chi connectivity index (χ0n) is 9.53. The summed E-state index contributed by atoms with van der Waals surface area (Å²) in [5.74, 6) is 0.815. The average molecular weight is 209 g/mol. The molecule has 1 aliphatic carbocycles. The van der Waals surface area contributed by atoms with Crippen molar-refractivity contribution in [3.63, 3.8) is 0 Å². The molecule has 2 amide bonds. The Labute approximate surface area is 90.8 Å². The SMILES string of the molecule is CCCN1C(=O)C2CCC(C)CC2C1=O. The molecule has 0 bridgehead atoms. The molecule has 1 aliphatic heterocycles. The smallest absolute Gasteiger partial charge is 0.233 e. The topological polar surface area (TPSA) is 37.4 Å². The molecule has 0 aromatic rings. The molecule has 84 valence electrons. The van der Waals surface area contributed by atoms with Crippen molar-refractivity contribution in [1.29, 1.82) is 0 Å². The van der Waals surface area contributed by atoms with Crippen molar-refractivity contribution in [2.75, 3.05) is 6.54 Å². The van der Waals surface area contributed by atoms with Crippen LogP contribution in [-0.4, -0.2) is 23.3 Å². The highest BCUT2D eigenvalue weighted by atomic mass is 16.2. The van der Waals surface area contributed by atoms with Gasteiger partial charge in [0.05, 0.1) is 11.8 Å². The molecule has 2 aliphatic rings. The monoisotopic (exact) mass is 209 g/mol. The minimum atomic E-state index is 0.00722. The standard InChI is InChI=1S/C12H19NO2/c1-3-6-13-11(14)9-5-4-8(2)7-10(9)12(13)15/h8-10H,3-7H2,1-2H3. The molecular formula is C12H19NO2. The molecule has 0 aromatic carbocycles. The number of hydrogen-bond donors (Lipinski definition) is 0. The van der Waals surface area contributed by atoms with Crippen molar-refractivity contribution >= 4 is 11.8 Å². The highest BCUT2D eigenvalue weighted by Crippen LogP contribution is 2.40. The van der Waals surface area contributed by atoms with Crippen LogP contribution in [-0.2, 0) is 9.59 Å². The van der Waals surface area contributed by atoms with Crippen LogP contribution >= 0.6 is 0 Å². The summed E-state index contributed by atoms with van der Waals surface area (Å²) in [6.07, 6.45) is 3.79. The largest absolute Gasteiger partial charge is 0.282 e. The summed E-state index contributed by atoms with van der Waals surface area (Å²) in [4.78, 5) is 25.4. The molecule has 3 nitrogen and oxygen atoms in total. The van der Waals surface area contributed by atoms with Crippen LogP contribution in [0.5, 0.6) is 0 Å². The number of likely N-dealkylation sites (tertiary alicyclic amines) is 1. The summed E-state index contributed by atoms with van der Waals surface area (Å²) in [6.45, 7) is 4.79. The molecule has 0 aromatic heterocycles. The molecule has 1 saturated carbocycles. The Kier molecular flexibility index (Phi) is 2.81. The molecule has 2 fully saturated rings. The number of amides is 2. The Bertz CT molecular complexity index is 287. The first-order valence-corrected chi connectivity index (χ1v) is 6.00. The number of nitrogens with zero attached hydrogens (tertiary/aromatic N) is 1. The van der Waals surface area contributed by atoms with E-state index in [2.05, 4.69) is 6.92 Å². The predicted octanol–water partition coefficient (Wildman–Crippen LogP) is 1.82. The van der Waals surface area contributed by atoms with Gasteiger partial charge in [0.2, 0.25) is 11.8 Å². The van der Waals surface area contributed by atoms with Gasteiger partial charge in [0.1, 0.15) is 0 Å². The van der Waals surface area contributed by atoms with E-state index >= 15 is 0 Å². The van der Waals surface area contributed by atoms with Gasteiger partial charge in [-0.25, -0.2) is 0 Å². The minimum absolute atomic E-state index is 0.00722. The van der Waals surface area contributed by atoms with Gasteiger partial charge in [-0.05, 0) is 31.6 Å². The van der Waals surface area contributed by atoms with Gasteiger partial charge in [-0.1, -0.05) is 13.8 Å². The van der Waals surface area contributed by atoms with Gasteiger partial charge >= 0.3 is 0 Å². The summed E-state index contributed by atoms with van der Waals surface area (Å²) < 4.78 is 0. The van der Waals surface area contributed by atoms with Gasteiger partial charge < -0.3 is 0 Å². The Morgan fingerprint density at radius 1 is 1.20 bits per heavy atom. The third kappa shape index (κ3) is 1.68. The van der Waals surface area contributed by atoms with Crippen LogP contribution in [0.1, 0.15) is 39.5 Å². The third-order valence-electron chi connectivity index (χ3n) is 3.73. The van der Waals surface area contributed by atoms with Crippen LogP contribution in [0.3, 0.4) is 0 Å². The minimum Gasteiger partial charge on any atom is -0.282 e. The zero-order valence-corrected chi connectivity index (χ0v) is 9.53. The summed E-state index contributed by atoms with van der Waals surface area (Å²) in [7, 11) is 0. The lowest BCUT2D eigenvalue weighted by molar-refractivity contribution is -0.139. The van der Waals surface area contributed by atoms with Crippen LogP contribution in [0, 0.1) is 17.8 Å². The molecule has 0 spiro atoms. The maximum atomic E-state index is 12.0. The van der Waals surface area contributed by atoms with E-state index in [1.54, 1.807) is 0 Å². The first-order chi connectivity index (χ1) is 7.15. The van der Waals surface area contributed by atoms with E-state index in [1.807, 2.05) is 6.92 Å². The Morgan fingerprint density at radius 2 is 1.87 bits per heavy atom. The average Bonchev–Trinajstić information content (AvgIpc) is 2.44. The van der Waals surface area contributed by atoms with Crippen molar-refractivity contribution in [1.82, 2.24) is 4.90 Å². The fourth-order valence-electron chi connectivity index (χ4n) is 2.90. The van der Waals surface area contributed by atoms with Gasteiger partial charge in [-0.2, -0.15) is 0 Å². The van der Waals surface area contributed by atoms with Crippen molar-refractivity contribution in [2.45, 2.75) is 39.5 Å². The quantitative estimate of drug-likeness (QED) is 0.650. The predicted molar refractivity (Wildman–Crippen MR) is 57.0 cm³/mol.